The molecule has 0 saturated carbocycles. The summed E-state index contributed by atoms with van der Waals surface area (Å²) in [6.07, 6.45) is 0.760. The minimum absolute atomic E-state index is 0.0200. The third kappa shape index (κ3) is 4.55. The van der Waals surface area contributed by atoms with Gasteiger partial charge in [-0.15, -0.1) is 10.2 Å². The second kappa shape index (κ2) is 7.59. The Bertz CT molecular complexity index is 650. The summed E-state index contributed by atoms with van der Waals surface area (Å²) in [5.74, 6) is 1.31. The fourth-order valence-corrected chi connectivity index (χ4v) is 2.39. The van der Waals surface area contributed by atoms with Crippen LogP contribution in [0.3, 0.4) is 0 Å². The van der Waals surface area contributed by atoms with Gasteiger partial charge < -0.3 is 9.32 Å². The Morgan fingerprint density at radius 3 is 2.35 bits per heavy atom. The molecule has 0 N–H and O–H groups in total. The van der Waals surface area contributed by atoms with Crippen molar-refractivity contribution < 1.29 is 9.21 Å². The first-order valence-electron chi connectivity index (χ1n) is 7.78. The third-order valence-electron chi connectivity index (χ3n) is 3.42. The molecule has 0 unspecified atom stereocenters. The van der Waals surface area contributed by atoms with E-state index in [-0.39, 0.29) is 17.9 Å². The minimum atomic E-state index is 0.0200. The van der Waals surface area contributed by atoms with E-state index in [1.165, 1.54) is 0 Å². The van der Waals surface area contributed by atoms with Crippen LogP contribution in [0.25, 0.3) is 0 Å². The maximum atomic E-state index is 12.6. The fourth-order valence-electron chi connectivity index (χ4n) is 2.27. The number of hydrogen-bond acceptors (Lipinski definition) is 4. The molecule has 0 saturated heterocycles. The molecule has 0 aliphatic heterocycles. The highest BCUT2D eigenvalue weighted by Crippen LogP contribution is 2.21. The lowest BCUT2D eigenvalue weighted by molar-refractivity contribution is -0.119. The van der Waals surface area contributed by atoms with Gasteiger partial charge in [0, 0.05) is 35.5 Å². The molecule has 0 fully saturated rings. The number of hydrogen-bond donors (Lipinski definition) is 0. The Kier molecular flexibility index (Phi) is 5.77. The summed E-state index contributed by atoms with van der Waals surface area (Å²) in [5.41, 5.74) is 0.836. The van der Waals surface area contributed by atoms with Crippen molar-refractivity contribution in [3.63, 3.8) is 0 Å². The van der Waals surface area contributed by atoms with Crippen molar-refractivity contribution >= 4 is 23.2 Å². The van der Waals surface area contributed by atoms with Crippen molar-refractivity contribution in [2.24, 2.45) is 0 Å². The third-order valence-corrected chi connectivity index (χ3v) is 3.67. The number of benzene rings is 1. The van der Waals surface area contributed by atoms with Gasteiger partial charge in [-0.25, -0.2) is 0 Å². The molecule has 1 heterocycles. The predicted octanol–water partition coefficient (Wildman–Crippen LogP) is 4.22. The Morgan fingerprint density at radius 1 is 1.17 bits per heavy atom. The minimum Gasteiger partial charge on any atom is -0.425 e. The normalized spacial score (nSPS) is 11.3. The molecule has 2 aromatic rings. The quantitative estimate of drug-likeness (QED) is 0.793. The zero-order chi connectivity index (χ0) is 17.0. The van der Waals surface area contributed by atoms with Crippen LogP contribution in [0.15, 0.2) is 28.7 Å². The van der Waals surface area contributed by atoms with E-state index in [9.17, 15) is 4.79 Å². The maximum Gasteiger partial charge on any atom is 0.227 e. The summed E-state index contributed by atoms with van der Waals surface area (Å²) >= 11 is 5.91. The smallest absolute Gasteiger partial charge is 0.227 e. The highest BCUT2D eigenvalue weighted by atomic mass is 35.5. The lowest BCUT2D eigenvalue weighted by atomic mass is 10.2. The molecule has 0 aliphatic rings. The first-order valence-corrected chi connectivity index (χ1v) is 8.16. The van der Waals surface area contributed by atoms with E-state index in [1.807, 2.05) is 39.8 Å². The SMILES string of the molecule is CC(C)c1nnc(CCC(=O)N(c2ccc(Cl)cc2)C(C)C)o1. The second-order valence-electron chi connectivity index (χ2n) is 6.02. The van der Waals surface area contributed by atoms with Crippen LogP contribution in [0.4, 0.5) is 5.69 Å². The lowest BCUT2D eigenvalue weighted by Gasteiger charge is -2.27. The second-order valence-corrected chi connectivity index (χ2v) is 6.46. The highest BCUT2D eigenvalue weighted by molar-refractivity contribution is 6.30. The van der Waals surface area contributed by atoms with Crippen molar-refractivity contribution in [2.45, 2.75) is 52.5 Å². The molecule has 0 atom stereocenters. The summed E-state index contributed by atoms with van der Waals surface area (Å²) in [7, 11) is 0. The zero-order valence-electron chi connectivity index (χ0n) is 13.9. The van der Waals surface area contributed by atoms with Crippen LogP contribution >= 0.6 is 11.6 Å². The van der Waals surface area contributed by atoms with Gasteiger partial charge in [-0.05, 0) is 38.1 Å². The van der Waals surface area contributed by atoms with E-state index in [2.05, 4.69) is 10.2 Å². The number of aromatic nitrogens is 2. The molecule has 124 valence electrons. The molecule has 5 nitrogen and oxygen atoms in total. The van der Waals surface area contributed by atoms with Gasteiger partial charge in [-0.1, -0.05) is 25.4 Å². The number of carbonyl (C=O) groups is 1. The fraction of sp³-hybridized carbons (Fsp3) is 0.471. The molecular formula is C17H22ClN3O2. The van der Waals surface area contributed by atoms with Crippen LogP contribution in [0.2, 0.25) is 5.02 Å². The molecule has 6 heteroatoms. The summed E-state index contributed by atoms with van der Waals surface area (Å²) in [4.78, 5) is 14.3. The molecule has 0 bridgehead atoms. The van der Waals surface area contributed by atoms with Gasteiger partial charge in [-0.2, -0.15) is 0 Å². The van der Waals surface area contributed by atoms with Crippen LogP contribution in [0, 0.1) is 0 Å². The Balaban J connectivity index is 2.04. The summed E-state index contributed by atoms with van der Waals surface area (Å²) in [5, 5.41) is 8.63. The molecular weight excluding hydrogens is 314 g/mol. The van der Waals surface area contributed by atoms with Gasteiger partial charge in [0.15, 0.2) is 0 Å². The number of anilines is 1. The van der Waals surface area contributed by atoms with Gasteiger partial charge in [-0.3, -0.25) is 4.79 Å². The van der Waals surface area contributed by atoms with Crippen molar-refractivity contribution in [3.05, 3.63) is 41.1 Å². The Labute approximate surface area is 141 Å². The molecule has 1 aromatic carbocycles. The largest absolute Gasteiger partial charge is 0.425 e. The van der Waals surface area contributed by atoms with Gasteiger partial charge in [0.2, 0.25) is 17.7 Å². The molecule has 0 radical (unpaired) electrons. The summed E-state index contributed by atoms with van der Waals surface area (Å²) in [6.45, 7) is 7.94. The van der Waals surface area contributed by atoms with E-state index in [0.717, 1.165) is 5.69 Å². The molecule has 23 heavy (non-hydrogen) atoms. The average molecular weight is 336 g/mol. The van der Waals surface area contributed by atoms with E-state index in [0.29, 0.717) is 29.6 Å². The van der Waals surface area contributed by atoms with Crippen molar-refractivity contribution in [2.75, 3.05) is 4.90 Å². The Morgan fingerprint density at radius 2 is 1.83 bits per heavy atom. The topological polar surface area (TPSA) is 59.2 Å². The van der Waals surface area contributed by atoms with Crippen LogP contribution in [0.1, 0.15) is 51.8 Å². The first kappa shape index (κ1) is 17.5. The van der Waals surface area contributed by atoms with E-state index < -0.39 is 0 Å². The predicted molar refractivity (Wildman–Crippen MR) is 90.8 cm³/mol. The van der Waals surface area contributed by atoms with Gasteiger partial charge in [0.25, 0.3) is 0 Å². The average Bonchev–Trinajstić information content (AvgIpc) is 2.96. The highest BCUT2D eigenvalue weighted by Gasteiger charge is 2.20. The number of nitrogens with zero attached hydrogens (tertiary/aromatic N) is 3. The van der Waals surface area contributed by atoms with Crippen LogP contribution < -0.4 is 4.90 Å². The Hall–Kier alpha value is -1.88. The molecule has 2 rings (SSSR count). The summed E-state index contributed by atoms with van der Waals surface area (Å²) < 4.78 is 5.55. The maximum absolute atomic E-state index is 12.6. The first-order chi connectivity index (χ1) is 10.9. The number of aryl methyl sites for hydroxylation is 1. The number of carbonyl (C=O) groups excluding carboxylic acids is 1. The molecule has 0 spiro atoms. The van der Waals surface area contributed by atoms with Crippen LogP contribution in [-0.2, 0) is 11.2 Å². The van der Waals surface area contributed by atoms with Gasteiger partial charge in [0.1, 0.15) is 0 Å². The van der Waals surface area contributed by atoms with E-state index in [4.69, 9.17) is 16.0 Å². The van der Waals surface area contributed by atoms with E-state index >= 15 is 0 Å². The van der Waals surface area contributed by atoms with Crippen molar-refractivity contribution in [1.29, 1.82) is 0 Å². The van der Waals surface area contributed by atoms with Gasteiger partial charge in [0.05, 0.1) is 0 Å². The molecule has 1 aromatic heterocycles. The number of rotatable bonds is 6. The standard InChI is InChI=1S/C17H22ClN3O2/c1-11(2)17-20-19-15(23-17)9-10-16(22)21(12(3)4)14-7-5-13(18)6-8-14/h5-8,11-12H,9-10H2,1-4H3. The number of halogens is 1. The summed E-state index contributed by atoms with van der Waals surface area (Å²) in [6, 6.07) is 7.32. The monoisotopic (exact) mass is 335 g/mol. The van der Waals surface area contributed by atoms with Crippen LogP contribution in [0.5, 0.6) is 0 Å². The van der Waals surface area contributed by atoms with Crippen molar-refractivity contribution in [1.82, 2.24) is 10.2 Å². The van der Waals surface area contributed by atoms with Gasteiger partial charge >= 0.3 is 0 Å². The lowest BCUT2D eigenvalue weighted by Crippen LogP contribution is -2.37. The van der Waals surface area contributed by atoms with Crippen LogP contribution in [-0.4, -0.2) is 22.1 Å². The zero-order valence-corrected chi connectivity index (χ0v) is 14.7. The van der Waals surface area contributed by atoms with Crippen molar-refractivity contribution in [3.8, 4) is 0 Å². The number of amides is 1. The molecule has 1 amide bonds. The molecule has 0 aliphatic carbocycles. The van der Waals surface area contributed by atoms with E-state index in [1.54, 1.807) is 17.0 Å².